The Morgan fingerprint density at radius 2 is 0.857 bits per heavy atom. The molecule has 3 aromatic carbocycles. The van der Waals surface area contributed by atoms with E-state index in [1.807, 2.05) is 62.4 Å². The smallest absolute Gasteiger partial charge is 0.230 e. The molecule has 0 amide bonds. The topological polar surface area (TPSA) is 34.1 Å². The summed E-state index contributed by atoms with van der Waals surface area (Å²) in [6.07, 6.45) is 0. The summed E-state index contributed by atoms with van der Waals surface area (Å²) in [6.45, 7) is 4.07. The van der Waals surface area contributed by atoms with Gasteiger partial charge < -0.3 is 0 Å². The molecule has 0 aliphatic carbocycles. The van der Waals surface area contributed by atoms with E-state index in [2.05, 4.69) is 0 Å². The zero-order chi connectivity index (χ0) is 19.9. The fourth-order valence-corrected chi connectivity index (χ4v) is 5.78. The molecular formula is C22H18O2S4. The van der Waals surface area contributed by atoms with Gasteiger partial charge >= 0.3 is 0 Å². The minimum Gasteiger partial charge on any atom is -0.281 e. The first kappa shape index (κ1) is 21.1. The van der Waals surface area contributed by atoms with Gasteiger partial charge in [-0.3, -0.25) is 9.59 Å². The molecule has 0 saturated carbocycles. The second-order valence-electron chi connectivity index (χ2n) is 6.11. The molecule has 0 radical (unpaired) electrons. The highest BCUT2D eigenvalue weighted by Gasteiger charge is 2.12. The molecule has 0 N–H and O–H groups in total. The van der Waals surface area contributed by atoms with Gasteiger partial charge in [-0.15, -0.1) is 0 Å². The third-order valence-electron chi connectivity index (χ3n) is 3.83. The van der Waals surface area contributed by atoms with Crippen LogP contribution in [0, 0.1) is 13.8 Å². The van der Waals surface area contributed by atoms with Crippen molar-refractivity contribution in [2.45, 2.75) is 23.6 Å². The molecule has 6 heteroatoms. The Morgan fingerprint density at radius 3 is 1.18 bits per heavy atom. The molecule has 0 aliphatic heterocycles. The van der Waals surface area contributed by atoms with Crippen LogP contribution in [0.5, 0.6) is 0 Å². The normalized spacial score (nSPS) is 10.6. The number of hydrogen-bond donors (Lipinski definition) is 0. The van der Waals surface area contributed by atoms with Gasteiger partial charge in [-0.05, 0) is 106 Å². The van der Waals surface area contributed by atoms with Gasteiger partial charge in [-0.2, -0.15) is 0 Å². The summed E-state index contributed by atoms with van der Waals surface area (Å²) >= 11 is 0. The second kappa shape index (κ2) is 10.3. The molecule has 0 bridgehead atoms. The first-order chi connectivity index (χ1) is 13.5. The molecule has 3 aromatic rings. The molecule has 2 nitrogen and oxygen atoms in total. The van der Waals surface area contributed by atoms with E-state index in [-0.39, 0.29) is 10.2 Å². The maximum absolute atomic E-state index is 12.4. The fraction of sp³-hybridized carbons (Fsp3) is 0.0909. The number of carbonyl (C=O) groups excluding carboxylic acids is 2. The predicted octanol–water partition coefficient (Wildman–Crippen LogP) is 7.46. The van der Waals surface area contributed by atoms with Crippen LogP contribution in [0.1, 0.15) is 31.8 Å². The van der Waals surface area contributed by atoms with Gasteiger partial charge in [0.25, 0.3) is 0 Å². The summed E-state index contributed by atoms with van der Waals surface area (Å²) < 4.78 is 0. The Kier molecular flexibility index (Phi) is 7.73. The average molecular weight is 443 g/mol. The van der Waals surface area contributed by atoms with Crippen LogP contribution in [-0.4, -0.2) is 10.2 Å². The van der Waals surface area contributed by atoms with E-state index in [0.717, 1.165) is 9.79 Å². The van der Waals surface area contributed by atoms with Crippen LogP contribution in [0.25, 0.3) is 0 Å². The fourth-order valence-electron chi connectivity index (χ4n) is 2.20. The maximum atomic E-state index is 12.4. The van der Waals surface area contributed by atoms with Crippen LogP contribution in [0.3, 0.4) is 0 Å². The first-order valence-electron chi connectivity index (χ1n) is 8.52. The molecule has 0 aliphatic rings. The van der Waals surface area contributed by atoms with E-state index in [4.69, 9.17) is 0 Å². The minimum atomic E-state index is -0.0220. The van der Waals surface area contributed by atoms with Crippen LogP contribution < -0.4 is 0 Å². The monoisotopic (exact) mass is 442 g/mol. The molecule has 0 heterocycles. The van der Waals surface area contributed by atoms with Crippen LogP contribution in [0.15, 0.2) is 82.6 Å². The molecule has 0 unspecified atom stereocenters. The summed E-state index contributed by atoms with van der Waals surface area (Å²) in [4.78, 5) is 26.8. The molecule has 0 saturated heterocycles. The molecule has 28 heavy (non-hydrogen) atoms. The second-order valence-corrected chi connectivity index (χ2v) is 10.5. The van der Waals surface area contributed by atoms with E-state index in [9.17, 15) is 9.59 Å². The van der Waals surface area contributed by atoms with E-state index < -0.39 is 0 Å². The van der Waals surface area contributed by atoms with Crippen LogP contribution in [0.4, 0.5) is 0 Å². The Balaban J connectivity index is 1.53. The average Bonchev–Trinajstić information content (AvgIpc) is 2.72. The molecule has 0 aromatic heterocycles. The molecule has 0 spiro atoms. The van der Waals surface area contributed by atoms with Crippen LogP contribution in [0.2, 0.25) is 0 Å². The summed E-state index contributed by atoms with van der Waals surface area (Å²) in [5, 5.41) is -0.0440. The van der Waals surface area contributed by atoms with Gasteiger partial charge in [-0.1, -0.05) is 35.4 Å². The van der Waals surface area contributed by atoms with Crippen molar-refractivity contribution >= 4 is 53.4 Å². The lowest BCUT2D eigenvalue weighted by atomic mass is 10.2. The van der Waals surface area contributed by atoms with E-state index >= 15 is 0 Å². The lowest BCUT2D eigenvalue weighted by Gasteiger charge is -2.04. The lowest BCUT2D eigenvalue weighted by Crippen LogP contribution is -1.95. The third-order valence-corrected chi connectivity index (χ3v) is 8.26. The highest BCUT2D eigenvalue weighted by Crippen LogP contribution is 2.35. The maximum Gasteiger partial charge on any atom is 0.230 e. The van der Waals surface area contributed by atoms with Crippen molar-refractivity contribution in [1.82, 2.24) is 0 Å². The van der Waals surface area contributed by atoms with Crippen molar-refractivity contribution in [3.63, 3.8) is 0 Å². The number of rotatable bonds is 6. The number of hydrogen-bond acceptors (Lipinski definition) is 6. The number of aryl methyl sites for hydroxylation is 2. The number of carbonyl (C=O) groups is 2. The van der Waals surface area contributed by atoms with Crippen molar-refractivity contribution in [3.8, 4) is 0 Å². The molecule has 0 atom stereocenters. The van der Waals surface area contributed by atoms with Crippen molar-refractivity contribution < 1.29 is 9.59 Å². The summed E-state index contributed by atoms with van der Waals surface area (Å²) in [5.41, 5.74) is 3.58. The lowest BCUT2D eigenvalue weighted by molar-refractivity contribution is 0.108. The van der Waals surface area contributed by atoms with Crippen molar-refractivity contribution in [2.75, 3.05) is 0 Å². The van der Waals surface area contributed by atoms with E-state index in [1.165, 1.54) is 54.3 Å². The van der Waals surface area contributed by atoms with Crippen molar-refractivity contribution in [1.29, 1.82) is 0 Å². The van der Waals surface area contributed by atoms with Crippen molar-refractivity contribution in [2.24, 2.45) is 0 Å². The van der Waals surface area contributed by atoms with Crippen molar-refractivity contribution in [3.05, 3.63) is 95.1 Å². The van der Waals surface area contributed by atoms with Gasteiger partial charge in [0.2, 0.25) is 10.2 Å². The Hall–Kier alpha value is -1.60. The SMILES string of the molecule is Cc1ccc(SSC(=O)c2ccc(C(=O)SSc3ccc(C)cc3)cc2)cc1. The van der Waals surface area contributed by atoms with Crippen LogP contribution >= 0.6 is 43.2 Å². The molecule has 3 rings (SSSR count). The Labute approximate surface area is 181 Å². The van der Waals surface area contributed by atoms with Gasteiger partial charge in [-0.25, -0.2) is 0 Å². The summed E-state index contributed by atoms with van der Waals surface area (Å²) in [6, 6.07) is 23.0. The van der Waals surface area contributed by atoms with E-state index in [0.29, 0.717) is 11.1 Å². The summed E-state index contributed by atoms with van der Waals surface area (Å²) in [7, 11) is 5.27. The molecule has 0 fully saturated rings. The zero-order valence-electron chi connectivity index (χ0n) is 15.4. The molecule has 142 valence electrons. The molecular weight excluding hydrogens is 425 g/mol. The Morgan fingerprint density at radius 1 is 0.536 bits per heavy atom. The first-order valence-corrected chi connectivity index (χ1v) is 12.8. The Bertz CT molecular complexity index is 869. The number of benzene rings is 3. The van der Waals surface area contributed by atoms with Gasteiger partial charge in [0.1, 0.15) is 0 Å². The van der Waals surface area contributed by atoms with Gasteiger partial charge in [0.05, 0.1) is 0 Å². The quantitative estimate of drug-likeness (QED) is 0.368. The van der Waals surface area contributed by atoms with E-state index in [1.54, 1.807) is 24.3 Å². The largest absolute Gasteiger partial charge is 0.281 e. The van der Waals surface area contributed by atoms with Crippen LogP contribution in [-0.2, 0) is 0 Å². The van der Waals surface area contributed by atoms with Gasteiger partial charge in [0, 0.05) is 20.9 Å². The zero-order valence-corrected chi connectivity index (χ0v) is 18.6. The van der Waals surface area contributed by atoms with Gasteiger partial charge in [0.15, 0.2) is 0 Å². The third kappa shape index (κ3) is 6.21. The highest BCUT2D eigenvalue weighted by molar-refractivity contribution is 8.82. The minimum absolute atomic E-state index is 0.0220. The predicted molar refractivity (Wildman–Crippen MR) is 124 cm³/mol. The highest BCUT2D eigenvalue weighted by atomic mass is 33.1. The summed E-state index contributed by atoms with van der Waals surface area (Å²) in [5.74, 6) is 0. The standard InChI is InChI=1S/C22H18O2S4/c1-15-3-11-19(12-4-15)25-27-21(23)17-7-9-18(10-8-17)22(24)28-26-20-13-5-16(2)6-14-20/h3-14H,1-2H3.